The topological polar surface area (TPSA) is 52.1 Å². The number of morpholine rings is 1. The Labute approximate surface area is 183 Å². The maximum absolute atomic E-state index is 5.51. The third-order valence-electron chi connectivity index (χ3n) is 6.27. The first kappa shape index (κ1) is 23.0. The van der Waals surface area contributed by atoms with E-state index in [4.69, 9.17) is 9.73 Å². The van der Waals surface area contributed by atoms with Crippen molar-refractivity contribution < 1.29 is 4.74 Å². The number of likely N-dealkylation sites (tertiary alicyclic amines) is 1. The summed E-state index contributed by atoms with van der Waals surface area (Å²) in [5, 5.41) is 6.99. The summed E-state index contributed by atoms with van der Waals surface area (Å²) in [5.74, 6) is 0.895. The van der Waals surface area contributed by atoms with Crippen LogP contribution in [0.2, 0.25) is 0 Å². The molecule has 0 unspecified atom stereocenters. The Morgan fingerprint density at radius 3 is 2.40 bits per heavy atom. The van der Waals surface area contributed by atoms with Crippen molar-refractivity contribution >= 4 is 5.96 Å². The van der Waals surface area contributed by atoms with Crippen LogP contribution < -0.4 is 10.6 Å². The summed E-state index contributed by atoms with van der Waals surface area (Å²) < 4.78 is 5.51. The van der Waals surface area contributed by atoms with E-state index < -0.39 is 0 Å². The molecule has 6 nitrogen and oxygen atoms in total. The largest absolute Gasteiger partial charge is 0.379 e. The van der Waals surface area contributed by atoms with Crippen LogP contribution in [0.1, 0.15) is 51.2 Å². The van der Waals surface area contributed by atoms with Gasteiger partial charge in [0.25, 0.3) is 0 Å². The van der Waals surface area contributed by atoms with E-state index in [-0.39, 0.29) is 5.54 Å². The van der Waals surface area contributed by atoms with Crippen LogP contribution in [0.5, 0.6) is 0 Å². The zero-order chi connectivity index (χ0) is 21.2. The Hall–Kier alpha value is -1.63. The molecule has 2 aliphatic rings. The molecule has 0 bridgehead atoms. The molecule has 2 heterocycles. The van der Waals surface area contributed by atoms with Gasteiger partial charge >= 0.3 is 0 Å². The fourth-order valence-corrected chi connectivity index (χ4v) is 4.31. The number of benzene rings is 1. The highest BCUT2D eigenvalue weighted by molar-refractivity contribution is 5.79. The lowest BCUT2D eigenvalue weighted by Gasteiger charge is -2.41. The number of ether oxygens (including phenoxy) is 1. The van der Waals surface area contributed by atoms with Crippen LogP contribution in [0, 0.1) is 0 Å². The maximum atomic E-state index is 5.51. The summed E-state index contributed by atoms with van der Waals surface area (Å²) in [6.07, 6.45) is 4.03. The SMILES string of the molecule is CCNC(=NCc1ccccc1CN1CCCCC1)NCC(C)(C)N1CCOCC1. The van der Waals surface area contributed by atoms with Gasteiger partial charge < -0.3 is 15.4 Å². The third kappa shape index (κ3) is 6.96. The van der Waals surface area contributed by atoms with Crippen LogP contribution in [0.25, 0.3) is 0 Å². The van der Waals surface area contributed by atoms with Crippen LogP contribution in [-0.2, 0) is 17.8 Å². The molecule has 2 aliphatic heterocycles. The molecule has 0 atom stereocenters. The van der Waals surface area contributed by atoms with Crippen LogP contribution in [0.15, 0.2) is 29.3 Å². The summed E-state index contributed by atoms with van der Waals surface area (Å²) in [4.78, 5) is 10.0. The predicted octanol–water partition coefficient (Wildman–Crippen LogP) is 2.84. The normalized spacial score (nSPS) is 19.6. The summed E-state index contributed by atoms with van der Waals surface area (Å²) in [5.41, 5.74) is 2.80. The summed E-state index contributed by atoms with van der Waals surface area (Å²) >= 11 is 0. The van der Waals surface area contributed by atoms with Crippen molar-refractivity contribution in [2.45, 2.75) is 58.7 Å². The van der Waals surface area contributed by atoms with Crippen molar-refractivity contribution in [2.75, 3.05) is 52.5 Å². The lowest BCUT2D eigenvalue weighted by atomic mass is 10.0. The number of hydrogen-bond acceptors (Lipinski definition) is 4. The second-order valence-electron chi connectivity index (χ2n) is 9.07. The average Bonchev–Trinajstić information content (AvgIpc) is 2.78. The van der Waals surface area contributed by atoms with E-state index in [0.717, 1.165) is 51.9 Å². The summed E-state index contributed by atoms with van der Waals surface area (Å²) in [7, 11) is 0. The van der Waals surface area contributed by atoms with Crippen LogP contribution >= 0.6 is 0 Å². The van der Waals surface area contributed by atoms with Crippen molar-refractivity contribution in [3.63, 3.8) is 0 Å². The van der Waals surface area contributed by atoms with Gasteiger partial charge in [0.2, 0.25) is 0 Å². The van der Waals surface area contributed by atoms with Gasteiger partial charge in [-0.25, -0.2) is 4.99 Å². The zero-order valence-corrected chi connectivity index (χ0v) is 19.3. The van der Waals surface area contributed by atoms with Crippen molar-refractivity contribution in [1.29, 1.82) is 0 Å². The van der Waals surface area contributed by atoms with E-state index in [0.29, 0.717) is 6.54 Å². The average molecular weight is 416 g/mol. The Morgan fingerprint density at radius 2 is 1.70 bits per heavy atom. The van der Waals surface area contributed by atoms with Crippen molar-refractivity contribution in [3.8, 4) is 0 Å². The van der Waals surface area contributed by atoms with Crippen LogP contribution in [0.4, 0.5) is 0 Å². The minimum atomic E-state index is 0.0616. The Kier molecular flexibility index (Phi) is 8.97. The lowest BCUT2D eigenvalue weighted by Crippen LogP contribution is -2.56. The highest BCUT2D eigenvalue weighted by atomic mass is 16.5. The molecule has 1 aromatic carbocycles. The molecule has 30 heavy (non-hydrogen) atoms. The standard InChI is InChI=1S/C24H41N5O/c1-4-25-23(27-20-24(2,3)29-14-16-30-17-15-29)26-18-21-10-6-7-11-22(21)19-28-12-8-5-9-13-28/h6-7,10-11H,4-5,8-9,12-20H2,1-3H3,(H2,25,26,27). The van der Waals surface area contributed by atoms with Gasteiger partial charge in [0, 0.05) is 38.3 Å². The number of hydrogen-bond donors (Lipinski definition) is 2. The number of rotatable bonds is 8. The number of aliphatic imine (C=N–C) groups is 1. The highest BCUT2D eigenvalue weighted by Gasteiger charge is 2.28. The van der Waals surface area contributed by atoms with Crippen LogP contribution in [0.3, 0.4) is 0 Å². The molecule has 2 N–H and O–H groups in total. The molecule has 2 fully saturated rings. The minimum Gasteiger partial charge on any atom is -0.379 e. The van der Waals surface area contributed by atoms with E-state index >= 15 is 0 Å². The fourth-order valence-electron chi connectivity index (χ4n) is 4.31. The third-order valence-corrected chi connectivity index (χ3v) is 6.27. The summed E-state index contributed by atoms with van der Waals surface area (Å²) in [6.45, 7) is 16.2. The molecule has 1 aromatic rings. The molecule has 0 spiro atoms. The molecule has 0 aliphatic carbocycles. The first-order valence-electron chi connectivity index (χ1n) is 11.7. The zero-order valence-electron chi connectivity index (χ0n) is 19.3. The molecular formula is C24H41N5O. The van der Waals surface area contributed by atoms with Crippen molar-refractivity contribution in [1.82, 2.24) is 20.4 Å². The second-order valence-corrected chi connectivity index (χ2v) is 9.07. The van der Waals surface area contributed by atoms with E-state index in [1.54, 1.807) is 0 Å². The molecule has 0 aromatic heterocycles. The van der Waals surface area contributed by atoms with E-state index in [9.17, 15) is 0 Å². The van der Waals surface area contributed by atoms with Gasteiger partial charge in [0.05, 0.1) is 19.8 Å². The molecule has 0 saturated carbocycles. The van der Waals surface area contributed by atoms with E-state index in [1.165, 1.54) is 43.5 Å². The first-order chi connectivity index (χ1) is 14.6. The monoisotopic (exact) mass is 415 g/mol. The Morgan fingerprint density at radius 1 is 1.00 bits per heavy atom. The fraction of sp³-hybridized carbons (Fsp3) is 0.708. The number of guanidine groups is 1. The van der Waals surface area contributed by atoms with Gasteiger partial charge in [0.1, 0.15) is 0 Å². The van der Waals surface area contributed by atoms with Gasteiger partial charge in [-0.05, 0) is 57.8 Å². The Balaban J connectivity index is 1.60. The molecule has 168 valence electrons. The highest BCUT2D eigenvalue weighted by Crippen LogP contribution is 2.17. The van der Waals surface area contributed by atoms with Crippen LogP contribution in [-0.4, -0.2) is 73.8 Å². The van der Waals surface area contributed by atoms with Gasteiger partial charge in [-0.2, -0.15) is 0 Å². The smallest absolute Gasteiger partial charge is 0.191 e. The predicted molar refractivity (Wildman–Crippen MR) is 125 cm³/mol. The van der Waals surface area contributed by atoms with E-state index in [2.05, 4.69) is 65.5 Å². The maximum Gasteiger partial charge on any atom is 0.191 e. The minimum absolute atomic E-state index is 0.0616. The summed E-state index contributed by atoms with van der Waals surface area (Å²) in [6, 6.07) is 8.78. The van der Waals surface area contributed by atoms with Crippen molar-refractivity contribution in [2.24, 2.45) is 4.99 Å². The van der Waals surface area contributed by atoms with Gasteiger partial charge in [-0.1, -0.05) is 30.7 Å². The van der Waals surface area contributed by atoms with E-state index in [1.807, 2.05) is 0 Å². The molecule has 2 saturated heterocycles. The molecule has 0 radical (unpaired) electrons. The lowest BCUT2D eigenvalue weighted by molar-refractivity contribution is -0.00834. The number of nitrogens with zero attached hydrogens (tertiary/aromatic N) is 3. The molecule has 0 amide bonds. The first-order valence-corrected chi connectivity index (χ1v) is 11.7. The molecule has 6 heteroatoms. The van der Waals surface area contributed by atoms with Gasteiger partial charge in [-0.3, -0.25) is 9.80 Å². The van der Waals surface area contributed by atoms with Gasteiger partial charge in [-0.15, -0.1) is 0 Å². The molecular weight excluding hydrogens is 374 g/mol. The quantitative estimate of drug-likeness (QED) is 0.505. The molecule has 3 rings (SSSR count). The van der Waals surface area contributed by atoms with Crippen molar-refractivity contribution in [3.05, 3.63) is 35.4 Å². The number of nitrogens with one attached hydrogen (secondary N) is 2. The second kappa shape index (κ2) is 11.7. The Bertz CT molecular complexity index is 663. The van der Waals surface area contributed by atoms with Gasteiger partial charge in [0.15, 0.2) is 5.96 Å². The number of piperidine rings is 1.